The molecular weight excluding hydrogens is 421 g/mol. The number of halogens is 2. The SMILES string of the molecule is Cl.NC/C(=C\F)Cn1ncn(-c2cccc(-c3ccc(N4CCOCC4)cc3)c2)c1=O. The summed E-state index contributed by atoms with van der Waals surface area (Å²) in [6, 6.07) is 16.0. The lowest BCUT2D eigenvalue weighted by atomic mass is 10.0. The molecule has 1 aliphatic heterocycles. The molecule has 0 bridgehead atoms. The van der Waals surface area contributed by atoms with E-state index >= 15 is 0 Å². The molecule has 2 heterocycles. The van der Waals surface area contributed by atoms with Gasteiger partial charge in [0, 0.05) is 25.3 Å². The van der Waals surface area contributed by atoms with E-state index in [0.29, 0.717) is 17.6 Å². The van der Waals surface area contributed by atoms with Crippen molar-refractivity contribution in [1.29, 1.82) is 0 Å². The van der Waals surface area contributed by atoms with Crippen molar-refractivity contribution in [3.63, 3.8) is 0 Å². The lowest BCUT2D eigenvalue weighted by molar-refractivity contribution is 0.122. The van der Waals surface area contributed by atoms with E-state index in [1.54, 1.807) is 0 Å². The molecule has 3 aromatic rings. The Morgan fingerprint density at radius 1 is 1.10 bits per heavy atom. The van der Waals surface area contributed by atoms with Gasteiger partial charge in [-0.25, -0.2) is 18.4 Å². The lowest BCUT2D eigenvalue weighted by Gasteiger charge is -2.28. The molecule has 0 saturated carbocycles. The van der Waals surface area contributed by atoms with Gasteiger partial charge in [0.1, 0.15) is 6.33 Å². The van der Waals surface area contributed by atoms with Crippen LogP contribution in [-0.2, 0) is 11.3 Å². The van der Waals surface area contributed by atoms with Crippen molar-refractivity contribution in [2.75, 3.05) is 37.7 Å². The molecule has 31 heavy (non-hydrogen) atoms. The molecule has 2 N–H and O–H groups in total. The molecule has 1 aromatic heterocycles. The Morgan fingerprint density at radius 2 is 1.84 bits per heavy atom. The predicted molar refractivity (Wildman–Crippen MR) is 122 cm³/mol. The highest BCUT2D eigenvalue weighted by molar-refractivity contribution is 5.85. The van der Waals surface area contributed by atoms with E-state index in [4.69, 9.17) is 10.5 Å². The molecule has 0 atom stereocenters. The van der Waals surface area contributed by atoms with Crippen molar-refractivity contribution in [3.8, 4) is 16.8 Å². The van der Waals surface area contributed by atoms with Crippen LogP contribution in [0.1, 0.15) is 0 Å². The second-order valence-corrected chi connectivity index (χ2v) is 7.11. The zero-order valence-corrected chi connectivity index (χ0v) is 17.8. The van der Waals surface area contributed by atoms with Gasteiger partial charge in [0.05, 0.1) is 31.8 Å². The van der Waals surface area contributed by atoms with Crippen molar-refractivity contribution < 1.29 is 9.13 Å². The fraction of sp³-hybridized carbons (Fsp3) is 0.273. The molecule has 164 valence electrons. The Labute approximate surface area is 185 Å². The average Bonchev–Trinajstić information content (AvgIpc) is 3.18. The van der Waals surface area contributed by atoms with Crippen LogP contribution in [0.15, 0.2) is 71.6 Å². The third-order valence-corrected chi connectivity index (χ3v) is 5.20. The zero-order valence-electron chi connectivity index (χ0n) is 17.0. The van der Waals surface area contributed by atoms with Crippen molar-refractivity contribution >= 4 is 18.1 Å². The fourth-order valence-corrected chi connectivity index (χ4v) is 3.48. The van der Waals surface area contributed by atoms with Gasteiger partial charge in [-0.15, -0.1) is 12.4 Å². The molecular formula is C22H25ClFN5O2. The van der Waals surface area contributed by atoms with Crippen LogP contribution in [0.3, 0.4) is 0 Å². The Bertz CT molecular complexity index is 1090. The Kier molecular flexibility index (Phi) is 7.62. The molecule has 0 unspecified atom stereocenters. The number of hydrogen-bond donors (Lipinski definition) is 1. The second-order valence-electron chi connectivity index (χ2n) is 7.11. The minimum absolute atomic E-state index is 0. The molecule has 0 radical (unpaired) electrons. The van der Waals surface area contributed by atoms with E-state index in [-0.39, 0.29) is 31.2 Å². The maximum absolute atomic E-state index is 12.8. The van der Waals surface area contributed by atoms with Gasteiger partial charge in [0.2, 0.25) is 0 Å². The van der Waals surface area contributed by atoms with E-state index in [1.165, 1.54) is 21.3 Å². The largest absolute Gasteiger partial charge is 0.378 e. The molecule has 0 amide bonds. The quantitative estimate of drug-likeness (QED) is 0.631. The number of nitrogens with zero attached hydrogens (tertiary/aromatic N) is 4. The summed E-state index contributed by atoms with van der Waals surface area (Å²) < 4.78 is 20.8. The Hall–Kier alpha value is -2.94. The standard InChI is InChI=1S/C22H24FN5O2.ClH/c23-13-17(14-24)15-28-22(29)27(16-25-28)21-3-1-2-19(12-21)18-4-6-20(7-5-18)26-8-10-30-11-9-26;/h1-7,12-13,16H,8-11,14-15,24H2;1H/b17-13+;. The summed E-state index contributed by atoms with van der Waals surface area (Å²) in [5.41, 5.74) is 9.35. The molecule has 1 aliphatic rings. The maximum Gasteiger partial charge on any atom is 0.350 e. The van der Waals surface area contributed by atoms with E-state index in [1.807, 2.05) is 24.3 Å². The summed E-state index contributed by atoms with van der Waals surface area (Å²) in [5, 5.41) is 4.08. The summed E-state index contributed by atoms with van der Waals surface area (Å²) in [4.78, 5) is 15.0. The van der Waals surface area contributed by atoms with Crippen LogP contribution >= 0.6 is 12.4 Å². The number of morpholine rings is 1. The lowest BCUT2D eigenvalue weighted by Crippen LogP contribution is -2.36. The Balaban J connectivity index is 0.00000272. The third kappa shape index (κ3) is 5.04. The van der Waals surface area contributed by atoms with Crippen LogP contribution in [-0.4, -0.2) is 47.2 Å². The van der Waals surface area contributed by atoms with Gasteiger partial charge in [0.15, 0.2) is 0 Å². The molecule has 1 saturated heterocycles. The van der Waals surface area contributed by atoms with Crippen LogP contribution in [0.25, 0.3) is 16.8 Å². The number of hydrogen-bond acceptors (Lipinski definition) is 5. The van der Waals surface area contributed by atoms with Crippen LogP contribution in [0.4, 0.5) is 10.1 Å². The van der Waals surface area contributed by atoms with Crippen molar-refractivity contribution in [2.24, 2.45) is 5.73 Å². The summed E-state index contributed by atoms with van der Waals surface area (Å²) in [6.07, 6.45) is 1.86. The average molecular weight is 446 g/mol. The van der Waals surface area contributed by atoms with E-state index in [9.17, 15) is 9.18 Å². The highest BCUT2D eigenvalue weighted by atomic mass is 35.5. The van der Waals surface area contributed by atoms with Crippen LogP contribution in [0.2, 0.25) is 0 Å². The van der Waals surface area contributed by atoms with Gasteiger partial charge in [-0.1, -0.05) is 24.3 Å². The molecule has 2 aromatic carbocycles. The number of benzene rings is 2. The monoisotopic (exact) mass is 445 g/mol. The van der Waals surface area contributed by atoms with E-state index in [2.05, 4.69) is 34.3 Å². The number of rotatable bonds is 6. The minimum atomic E-state index is -0.345. The van der Waals surface area contributed by atoms with Crippen molar-refractivity contribution in [2.45, 2.75) is 6.54 Å². The smallest absolute Gasteiger partial charge is 0.350 e. The summed E-state index contributed by atoms with van der Waals surface area (Å²) in [7, 11) is 0. The first-order valence-electron chi connectivity index (χ1n) is 9.86. The van der Waals surface area contributed by atoms with E-state index < -0.39 is 0 Å². The van der Waals surface area contributed by atoms with Gasteiger partial charge < -0.3 is 15.4 Å². The number of nitrogens with two attached hydrogens (primary N) is 1. The van der Waals surface area contributed by atoms with Gasteiger partial charge in [0.25, 0.3) is 0 Å². The van der Waals surface area contributed by atoms with Gasteiger partial charge >= 0.3 is 5.69 Å². The van der Waals surface area contributed by atoms with Crippen LogP contribution in [0, 0.1) is 0 Å². The van der Waals surface area contributed by atoms with E-state index in [0.717, 1.165) is 37.4 Å². The van der Waals surface area contributed by atoms with Gasteiger partial charge in [-0.3, -0.25) is 0 Å². The summed E-state index contributed by atoms with van der Waals surface area (Å²) in [6.45, 7) is 3.35. The first kappa shape index (κ1) is 22.7. The first-order chi connectivity index (χ1) is 14.7. The Morgan fingerprint density at radius 3 is 2.52 bits per heavy atom. The maximum atomic E-state index is 12.8. The molecule has 1 fully saturated rings. The van der Waals surface area contributed by atoms with Crippen molar-refractivity contribution in [3.05, 3.63) is 77.2 Å². The second kappa shape index (κ2) is 10.4. The highest BCUT2D eigenvalue weighted by Gasteiger charge is 2.12. The summed E-state index contributed by atoms with van der Waals surface area (Å²) >= 11 is 0. The molecule has 9 heteroatoms. The van der Waals surface area contributed by atoms with Crippen LogP contribution in [0.5, 0.6) is 0 Å². The number of anilines is 1. The zero-order chi connectivity index (χ0) is 20.9. The first-order valence-corrected chi connectivity index (χ1v) is 9.86. The highest BCUT2D eigenvalue weighted by Crippen LogP contribution is 2.25. The molecule has 7 nitrogen and oxygen atoms in total. The molecule has 0 spiro atoms. The van der Waals surface area contributed by atoms with Crippen molar-refractivity contribution in [1.82, 2.24) is 14.3 Å². The third-order valence-electron chi connectivity index (χ3n) is 5.20. The van der Waals surface area contributed by atoms with Gasteiger partial charge in [-0.2, -0.15) is 5.10 Å². The predicted octanol–water partition coefficient (Wildman–Crippen LogP) is 2.77. The van der Waals surface area contributed by atoms with Gasteiger partial charge in [-0.05, 0) is 41.0 Å². The molecule has 4 rings (SSSR count). The molecule has 0 aliphatic carbocycles. The van der Waals surface area contributed by atoms with Crippen LogP contribution < -0.4 is 16.3 Å². The number of ether oxygens (including phenoxy) is 1. The minimum Gasteiger partial charge on any atom is -0.378 e. The summed E-state index contributed by atoms with van der Waals surface area (Å²) in [5.74, 6) is 0. The number of aromatic nitrogens is 3. The normalized spacial score (nSPS) is 14.4. The topological polar surface area (TPSA) is 78.3 Å². The fourth-order valence-electron chi connectivity index (χ4n) is 3.48.